The first-order chi connectivity index (χ1) is 13.5. The van der Waals surface area contributed by atoms with Gasteiger partial charge in [-0.3, -0.25) is 25.2 Å². The van der Waals surface area contributed by atoms with Crippen molar-refractivity contribution < 1.29 is 23.5 Å². The Morgan fingerprint density at radius 3 is 2.36 bits per heavy atom. The predicted molar refractivity (Wildman–Crippen MR) is 103 cm³/mol. The van der Waals surface area contributed by atoms with Crippen LogP contribution in [0, 0.1) is 5.82 Å². The lowest BCUT2D eigenvalue weighted by Crippen LogP contribution is -2.46. The van der Waals surface area contributed by atoms with Crippen LogP contribution in [0.15, 0.2) is 53.4 Å². The van der Waals surface area contributed by atoms with E-state index in [-0.39, 0.29) is 12.3 Å². The summed E-state index contributed by atoms with van der Waals surface area (Å²) >= 11 is 1.01. The molecule has 0 fully saturated rings. The van der Waals surface area contributed by atoms with Crippen LogP contribution in [0.1, 0.15) is 17.3 Å². The Morgan fingerprint density at radius 2 is 1.68 bits per heavy atom. The number of rotatable bonds is 8. The molecule has 0 saturated carbocycles. The van der Waals surface area contributed by atoms with Crippen LogP contribution >= 0.6 is 11.8 Å². The number of carbonyl (C=O) groups is 3. The Morgan fingerprint density at radius 1 is 1.00 bits per heavy atom. The van der Waals surface area contributed by atoms with Crippen LogP contribution in [0.5, 0.6) is 5.75 Å². The van der Waals surface area contributed by atoms with E-state index in [1.54, 1.807) is 42.5 Å². The Labute approximate surface area is 166 Å². The molecule has 0 aliphatic rings. The number of halogens is 1. The zero-order valence-electron chi connectivity index (χ0n) is 15.2. The Balaban J connectivity index is 1.68. The van der Waals surface area contributed by atoms with Gasteiger partial charge in [0, 0.05) is 10.5 Å². The van der Waals surface area contributed by atoms with Crippen LogP contribution in [0.3, 0.4) is 0 Å². The van der Waals surface area contributed by atoms with Gasteiger partial charge in [0.25, 0.3) is 11.8 Å². The molecule has 2 aromatic rings. The number of thioether (sulfide) groups is 1. The van der Waals surface area contributed by atoms with Crippen molar-refractivity contribution in [1.82, 2.24) is 16.2 Å². The van der Waals surface area contributed by atoms with Crippen molar-refractivity contribution in [3.63, 3.8) is 0 Å². The molecule has 3 amide bonds. The first kappa shape index (κ1) is 21.2. The van der Waals surface area contributed by atoms with Crippen molar-refractivity contribution in [2.75, 3.05) is 18.9 Å². The van der Waals surface area contributed by atoms with Crippen molar-refractivity contribution in [3.8, 4) is 5.75 Å². The standard InChI is InChI=1S/C19H20FN3O4S/c1-2-27-14-9-7-13(8-10-14)19(26)21-11-17(24)22-23-18(25)12-28-16-6-4-3-5-15(16)20/h3-10H,2,11-12H2,1H3,(H,21,26)(H,22,24)(H,23,25). The van der Waals surface area contributed by atoms with Gasteiger partial charge in [0.1, 0.15) is 11.6 Å². The normalized spacial score (nSPS) is 10.1. The summed E-state index contributed by atoms with van der Waals surface area (Å²) in [5.41, 5.74) is 4.77. The SMILES string of the molecule is CCOc1ccc(C(=O)NCC(=O)NNC(=O)CSc2ccccc2F)cc1. The largest absolute Gasteiger partial charge is 0.494 e. The van der Waals surface area contributed by atoms with E-state index in [9.17, 15) is 18.8 Å². The lowest BCUT2D eigenvalue weighted by molar-refractivity contribution is -0.127. The molecule has 2 rings (SSSR count). The molecular weight excluding hydrogens is 385 g/mol. The van der Waals surface area contributed by atoms with Crippen LogP contribution < -0.4 is 20.9 Å². The topological polar surface area (TPSA) is 96.5 Å². The van der Waals surface area contributed by atoms with Gasteiger partial charge in [0.15, 0.2) is 0 Å². The fourth-order valence-corrected chi connectivity index (χ4v) is 2.80. The van der Waals surface area contributed by atoms with Crippen molar-refractivity contribution in [2.24, 2.45) is 0 Å². The second kappa shape index (κ2) is 10.9. The monoisotopic (exact) mass is 405 g/mol. The lowest BCUT2D eigenvalue weighted by atomic mass is 10.2. The minimum Gasteiger partial charge on any atom is -0.494 e. The molecule has 28 heavy (non-hydrogen) atoms. The van der Waals surface area contributed by atoms with Gasteiger partial charge in [-0.25, -0.2) is 4.39 Å². The van der Waals surface area contributed by atoms with Crippen LogP contribution in [0.25, 0.3) is 0 Å². The van der Waals surface area contributed by atoms with Gasteiger partial charge in [0.05, 0.1) is 18.9 Å². The van der Waals surface area contributed by atoms with E-state index in [4.69, 9.17) is 4.74 Å². The summed E-state index contributed by atoms with van der Waals surface area (Å²) in [5.74, 6) is -1.36. The minimum absolute atomic E-state index is 0.0697. The maximum Gasteiger partial charge on any atom is 0.257 e. The number of amides is 3. The Bertz CT molecular complexity index is 830. The average molecular weight is 405 g/mol. The zero-order valence-corrected chi connectivity index (χ0v) is 16.0. The third kappa shape index (κ3) is 6.92. The van der Waals surface area contributed by atoms with E-state index in [0.717, 1.165) is 11.8 Å². The fourth-order valence-electron chi connectivity index (χ4n) is 2.06. The second-order valence-electron chi connectivity index (χ2n) is 5.46. The third-order valence-electron chi connectivity index (χ3n) is 3.37. The highest BCUT2D eigenvalue weighted by Crippen LogP contribution is 2.20. The molecule has 0 aliphatic heterocycles. The number of nitrogens with one attached hydrogen (secondary N) is 3. The average Bonchev–Trinajstić information content (AvgIpc) is 2.70. The summed E-state index contributed by atoms with van der Waals surface area (Å²) < 4.78 is 18.8. The van der Waals surface area contributed by atoms with E-state index >= 15 is 0 Å². The molecule has 0 spiro atoms. The molecule has 0 radical (unpaired) electrons. The van der Waals surface area contributed by atoms with E-state index in [1.165, 1.54) is 6.07 Å². The Hall–Kier alpha value is -3.07. The maximum absolute atomic E-state index is 13.5. The maximum atomic E-state index is 13.5. The van der Waals surface area contributed by atoms with Gasteiger partial charge in [0.2, 0.25) is 5.91 Å². The molecular formula is C19H20FN3O4S. The molecule has 0 bridgehead atoms. The van der Waals surface area contributed by atoms with E-state index in [1.807, 2.05) is 6.92 Å². The first-order valence-corrected chi connectivity index (χ1v) is 9.44. The first-order valence-electron chi connectivity index (χ1n) is 8.45. The quantitative estimate of drug-likeness (QED) is 0.460. The summed E-state index contributed by atoms with van der Waals surface area (Å²) in [6, 6.07) is 12.6. The van der Waals surface area contributed by atoms with Gasteiger partial charge in [-0.15, -0.1) is 11.8 Å². The van der Waals surface area contributed by atoms with Crippen LogP contribution in [-0.2, 0) is 9.59 Å². The molecule has 0 atom stereocenters. The minimum atomic E-state index is -0.594. The number of carbonyl (C=O) groups excluding carboxylic acids is 3. The third-order valence-corrected chi connectivity index (χ3v) is 4.42. The van der Waals surface area contributed by atoms with Gasteiger partial charge >= 0.3 is 0 Å². The molecule has 3 N–H and O–H groups in total. The number of benzene rings is 2. The van der Waals surface area contributed by atoms with Crippen molar-refractivity contribution >= 4 is 29.5 Å². The van der Waals surface area contributed by atoms with Crippen LogP contribution in [0.2, 0.25) is 0 Å². The van der Waals surface area contributed by atoms with Crippen LogP contribution in [0.4, 0.5) is 4.39 Å². The second-order valence-corrected chi connectivity index (χ2v) is 6.47. The molecule has 0 saturated heterocycles. The summed E-state index contributed by atoms with van der Waals surface area (Å²) in [4.78, 5) is 35.8. The highest BCUT2D eigenvalue weighted by Gasteiger charge is 2.10. The van der Waals surface area contributed by atoms with Gasteiger partial charge < -0.3 is 10.1 Å². The molecule has 0 aromatic heterocycles. The van der Waals surface area contributed by atoms with Gasteiger partial charge in [-0.05, 0) is 43.3 Å². The van der Waals surface area contributed by atoms with Gasteiger partial charge in [-0.1, -0.05) is 12.1 Å². The molecule has 0 unspecified atom stereocenters. The molecule has 9 heteroatoms. The zero-order chi connectivity index (χ0) is 20.4. The van der Waals surface area contributed by atoms with Crippen molar-refractivity contribution in [3.05, 3.63) is 59.9 Å². The smallest absolute Gasteiger partial charge is 0.257 e. The highest BCUT2D eigenvalue weighted by molar-refractivity contribution is 8.00. The molecule has 148 valence electrons. The number of hydrazine groups is 1. The lowest BCUT2D eigenvalue weighted by Gasteiger charge is -2.09. The van der Waals surface area contributed by atoms with E-state index in [2.05, 4.69) is 16.2 Å². The van der Waals surface area contributed by atoms with E-state index < -0.39 is 23.5 Å². The summed E-state index contributed by atoms with van der Waals surface area (Å²) in [5, 5.41) is 2.44. The molecule has 0 heterocycles. The summed E-state index contributed by atoms with van der Waals surface area (Å²) in [6.45, 7) is 2.07. The molecule has 2 aromatic carbocycles. The van der Waals surface area contributed by atoms with Crippen molar-refractivity contribution in [1.29, 1.82) is 0 Å². The number of hydrogen-bond acceptors (Lipinski definition) is 5. The predicted octanol–water partition coefficient (Wildman–Crippen LogP) is 1.89. The summed E-state index contributed by atoms with van der Waals surface area (Å²) in [7, 11) is 0. The van der Waals surface area contributed by atoms with Crippen molar-refractivity contribution in [2.45, 2.75) is 11.8 Å². The highest BCUT2D eigenvalue weighted by atomic mass is 32.2. The molecule has 0 aliphatic carbocycles. The molecule has 7 nitrogen and oxygen atoms in total. The Kier molecular flexibility index (Phi) is 8.29. The van der Waals surface area contributed by atoms with Crippen LogP contribution in [-0.4, -0.2) is 36.6 Å². The van der Waals surface area contributed by atoms with Gasteiger partial charge in [-0.2, -0.15) is 0 Å². The fraction of sp³-hybridized carbons (Fsp3) is 0.211. The number of hydrogen-bond donors (Lipinski definition) is 3. The van der Waals surface area contributed by atoms with E-state index in [0.29, 0.717) is 22.8 Å². The summed E-state index contributed by atoms with van der Waals surface area (Å²) in [6.07, 6.45) is 0. The number of ether oxygens (including phenoxy) is 1.